The number of nitriles is 1. The third-order valence-corrected chi connectivity index (χ3v) is 3.02. The van der Waals surface area contributed by atoms with Crippen LogP contribution >= 0.6 is 0 Å². The highest BCUT2D eigenvalue weighted by Gasteiger charge is 2.16. The van der Waals surface area contributed by atoms with E-state index in [0.717, 1.165) is 30.0 Å². The topological polar surface area (TPSA) is 65.4 Å². The van der Waals surface area contributed by atoms with Crippen molar-refractivity contribution in [1.29, 1.82) is 5.26 Å². The molecule has 0 aliphatic carbocycles. The second-order valence-corrected chi connectivity index (χ2v) is 4.50. The Bertz CT molecular complexity index is 502. The van der Waals surface area contributed by atoms with Crippen molar-refractivity contribution in [3.05, 3.63) is 23.8 Å². The van der Waals surface area contributed by atoms with Gasteiger partial charge in [-0.1, -0.05) is 6.07 Å². The van der Waals surface area contributed by atoms with Crippen LogP contribution in [0.25, 0.3) is 0 Å². The van der Waals surface area contributed by atoms with E-state index in [9.17, 15) is 4.79 Å². The van der Waals surface area contributed by atoms with Gasteiger partial charge in [-0.15, -0.1) is 0 Å². The summed E-state index contributed by atoms with van der Waals surface area (Å²) in [4.78, 5) is 13.8. The molecular formula is C14H17N3O2. The monoisotopic (exact) mass is 259 g/mol. The highest BCUT2D eigenvalue weighted by molar-refractivity contribution is 5.95. The maximum atomic E-state index is 11.6. The molecule has 19 heavy (non-hydrogen) atoms. The Kier molecular flexibility index (Phi) is 4.37. The molecule has 2 rings (SSSR count). The second-order valence-electron chi connectivity index (χ2n) is 4.50. The molecule has 1 aliphatic rings. The van der Waals surface area contributed by atoms with Gasteiger partial charge >= 0.3 is 0 Å². The molecule has 1 aromatic carbocycles. The van der Waals surface area contributed by atoms with Gasteiger partial charge in [0.05, 0.1) is 30.7 Å². The second kappa shape index (κ2) is 6.21. The Morgan fingerprint density at radius 1 is 1.47 bits per heavy atom. The van der Waals surface area contributed by atoms with E-state index in [2.05, 4.69) is 10.2 Å². The first kappa shape index (κ1) is 13.4. The van der Waals surface area contributed by atoms with Gasteiger partial charge in [0.2, 0.25) is 5.91 Å². The quantitative estimate of drug-likeness (QED) is 0.897. The van der Waals surface area contributed by atoms with Crippen LogP contribution in [0.1, 0.15) is 12.0 Å². The number of hydrogen-bond acceptors (Lipinski definition) is 4. The van der Waals surface area contributed by atoms with Crippen LogP contribution in [-0.4, -0.2) is 32.2 Å². The average Bonchev–Trinajstić information content (AvgIpc) is 2.40. The van der Waals surface area contributed by atoms with Crippen LogP contribution < -0.4 is 10.2 Å². The third kappa shape index (κ3) is 3.46. The molecule has 5 nitrogen and oxygen atoms in total. The number of benzene rings is 1. The molecule has 100 valence electrons. The first-order valence-corrected chi connectivity index (χ1v) is 6.31. The van der Waals surface area contributed by atoms with Crippen molar-refractivity contribution in [1.82, 2.24) is 0 Å². The van der Waals surface area contributed by atoms with Gasteiger partial charge < -0.3 is 15.0 Å². The minimum atomic E-state index is -0.275. The molecule has 1 saturated heterocycles. The fourth-order valence-electron chi connectivity index (χ4n) is 2.10. The lowest BCUT2D eigenvalue weighted by Crippen LogP contribution is -2.36. The van der Waals surface area contributed by atoms with Crippen molar-refractivity contribution >= 4 is 17.3 Å². The van der Waals surface area contributed by atoms with Crippen LogP contribution in [0.5, 0.6) is 0 Å². The summed E-state index contributed by atoms with van der Waals surface area (Å²) in [5, 5.41) is 11.4. The Hall–Kier alpha value is -2.06. The molecule has 1 amide bonds. The summed E-state index contributed by atoms with van der Waals surface area (Å²) >= 11 is 0. The minimum Gasteiger partial charge on any atom is -0.378 e. The number of nitrogens with zero attached hydrogens (tertiary/aromatic N) is 2. The standard InChI is InChI=1S/C14H17N3O2/c1-11-2-3-13(17-6-8-19-9-7-17)12(10-11)16-14(18)4-5-15/h2-3,10H,4,6-9H2,1H3,(H,16,18). The molecule has 0 spiro atoms. The summed E-state index contributed by atoms with van der Waals surface area (Å²) in [6.45, 7) is 4.98. The summed E-state index contributed by atoms with van der Waals surface area (Å²) in [5.41, 5.74) is 2.83. The van der Waals surface area contributed by atoms with Crippen LogP contribution in [0, 0.1) is 18.3 Å². The minimum absolute atomic E-state index is 0.128. The van der Waals surface area contributed by atoms with Crippen LogP contribution in [-0.2, 0) is 9.53 Å². The molecule has 1 aromatic rings. The molecule has 1 heterocycles. The largest absolute Gasteiger partial charge is 0.378 e. The molecule has 0 unspecified atom stereocenters. The number of hydrogen-bond donors (Lipinski definition) is 1. The smallest absolute Gasteiger partial charge is 0.238 e. The molecule has 5 heteroatoms. The molecular weight excluding hydrogens is 242 g/mol. The van der Waals surface area contributed by atoms with Crippen molar-refractivity contribution < 1.29 is 9.53 Å². The lowest BCUT2D eigenvalue weighted by molar-refractivity contribution is -0.115. The summed E-state index contributed by atoms with van der Waals surface area (Å²) in [6.07, 6.45) is -0.128. The molecule has 0 atom stereocenters. The van der Waals surface area contributed by atoms with Gasteiger partial charge in [0.1, 0.15) is 6.42 Å². The normalized spacial score (nSPS) is 14.8. The zero-order valence-electron chi connectivity index (χ0n) is 11.0. The van der Waals surface area contributed by atoms with Crippen LogP contribution in [0.2, 0.25) is 0 Å². The lowest BCUT2D eigenvalue weighted by Gasteiger charge is -2.30. The van der Waals surface area contributed by atoms with Gasteiger partial charge in [-0.3, -0.25) is 4.79 Å². The van der Waals surface area contributed by atoms with Crippen LogP contribution in [0.4, 0.5) is 11.4 Å². The van der Waals surface area contributed by atoms with E-state index in [1.807, 2.05) is 31.2 Å². The van der Waals surface area contributed by atoms with Gasteiger partial charge in [-0.25, -0.2) is 0 Å². The van der Waals surface area contributed by atoms with E-state index < -0.39 is 0 Å². The molecule has 0 saturated carbocycles. The van der Waals surface area contributed by atoms with E-state index >= 15 is 0 Å². The number of rotatable bonds is 3. The SMILES string of the molecule is Cc1ccc(N2CCOCC2)c(NC(=O)CC#N)c1. The van der Waals surface area contributed by atoms with Gasteiger partial charge in [-0.05, 0) is 24.6 Å². The van der Waals surface area contributed by atoms with Crippen molar-refractivity contribution in [3.63, 3.8) is 0 Å². The van der Waals surface area contributed by atoms with E-state index in [1.165, 1.54) is 0 Å². The number of anilines is 2. The van der Waals surface area contributed by atoms with Crippen molar-refractivity contribution in [2.75, 3.05) is 36.5 Å². The van der Waals surface area contributed by atoms with Crippen LogP contribution in [0.15, 0.2) is 18.2 Å². The Labute approximate surface area is 112 Å². The van der Waals surface area contributed by atoms with Gasteiger partial charge in [-0.2, -0.15) is 5.26 Å². The molecule has 1 N–H and O–H groups in total. The summed E-state index contributed by atoms with van der Waals surface area (Å²) in [5.74, 6) is -0.275. The zero-order chi connectivity index (χ0) is 13.7. The van der Waals surface area contributed by atoms with E-state index in [1.54, 1.807) is 0 Å². The van der Waals surface area contributed by atoms with E-state index in [0.29, 0.717) is 13.2 Å². The van der Waals surface area contributed by atoms with Crippen molar-refractivity contribution in [3.8, 4) is 6.07 Å². The highest BCUT2D eigenvalue weighted by Crippen LogP contribution is 2.28. The summed E-state index contributed by atoms with van der Waals surface area (Å²) in [7, 11) is 0. The summed E-state index contributed by atoms with van der Waals surface area (Å²) in [6, 6.07) is 7.81. The van der Waals surface area contributed by atoms with Crippen molar-refractivity contribution in [2.45, 2.75) is 13.3 Å². The zero-order valence-corrected chi connectivity index (χ0v) is 11.0. The van der Waals surface area contributed by atoms with E-state index in [4.69, 9.17) is 10.00 Å². The molecule has 0 bridgehead atoms. The fourth-order valence-corrected chi connectivity index (χ4v) is 2.10. The van der Waals surface area contributed by atoms with Gasteiger partial charge in [0, 0.05) is 13.1 Å². The third-order valence-electron chi connectivity index (χ3n) is 3.02. The maximum Gasteiger partial charge on any atom is 0.238 e. The molecule has 1 fully saturated rings. The predicted octanol–water partition coefficient (Wildman–Crippen LogP) is 1.68. The highest BCUT2D eigenvalue weighted by atomic mass is 16.5. The van der Waals surface area contributed by atoms with Gasteiger partial charge in [0.25, 0.3) is 0 Å². The molecule has 0 radical (unpaired) electrons. The summed E-state index contributed by atoms with van der Waals surface area (Å²) < 4.78 is 5.33. The number of carbonyl (C=O) groups is 1. The first-order valence-electron chi connectivity index (χ1n) is 6.31. The average molecular weight is 259 g/mol. The van der Waals surface area contributed by atoms with Crippen LogP contribution in [0.3, 0.4) is 0 Å². The Morgan fingerprint density at radius 3 is 2.89 bits per heavy atom. The lowest BCUT2D eigenvalue weighted by atomic mass is 10.1. The Balaban J connectivity index is 2.22. The molecule has 1 aliphatic heterocycles. The number of nitrogens with one attached hydrogen (secondary N) is 1. The number of amides is 1. The number of morpholine rings is 1. The van der Waals surface area contributed by atoms with Crippen molar-refractivity contribution in [2.24, 2.45) is 0 Å². The fraction of sp³-hybridized carbons (Fsp3) is 0.429. The first-order chi connectivity index (χ1) is 9.20. The number of ether oxygens (including phenoxy) is 1. The maximum absolute atomic E-state index is 11.6. The Morgan fingerprint density at radius 2 is 2.21 bits per heavy atom. The van der Waals surface area contributed by atoms with Gasteiger partial charge in [0.15, 0.2) is 0 Å². The molecule has 0 aromatic heterocycles. The number of aryl methyl sites for hydroxylation is 1. The van der Waals surface area contributed by atoms with E-state index in [-0.39, 0.29) is 12.3 Å². The predicted molar refractivity (Wildman–Crippen MR) is 73.1 cm³/mol. The number of carbonyl (C=O) groups excluding carboxylic acids is 1.